The predicted octanol–water partition coefficient (Wildman–Crippen LogP) is 3.82. The molecular formula is C24H31N3O2. The normalized spacial score (nSPS) is 16.2. The molecule has 0 aliphatic carbocycles. The summed E-state index contributed by atoms with van der Waals surface area (Å²) >= 11 is 0. The minimum Gasteiger partial charge on any atom is -0.372 e. The van der Waals surface area contributed by atoms with Crippen LogP contribution in [-0.2, 0) is 16.1 Å². The van der Waals surface area contributed by atoms with E-state index >= 15 is 0 Å². The molecule has 154 valence electrons. The summed E-state index contributed by atoms with van der Waals surface area (Å²) in [6.07, 6.45) is 0.261. The van der Waals surface area contributed by atoms with Gasteiger partial charge in [-0.3, -0.25) is 9.59 Å². The largest absolute Gasteiger partial charge is 0.372 e. The van der Waals surface area contributed by atoms with Gasteiger partial charge in [0.05, 0.1) is 5.92 Å². The Morgan fingerprint density at radius 3 is 2.41 bits per heavy atom. The molecule has 1 N–H and O–H groups in total. The lowest BCUT2D eigenvalue weighted by Crippen LogP contribution is -2.32. The molecule has 2 aromatic rings. The standard InChI is InChI=1S/C24H31N3O2/c1-5-26(6-2)21-11-12-22(18(4)13-21)27-16-20(14-23(27)28)24(29)25-15-19-9-7-17(3)8-10-19/h7-13,20H,5-6,14-16H2,1-4H3,(H,25,29). The first-order valence-corrected chi connectivity index (χ1v) is 10.4. The summed E-state index contributed by atoms with van der Waals surface area (Å²) in [7, 11) is 0. The van der Waals surface area contributed by atoms with E-state index in [1.54, 1.807) is 4.90 Å². The molecule has 29 heavy (non-hydrogen) atoms. The van der Waals surface area contributed by atoms with Crippen LogP contribution in [0.2, 0.25) is 0 Å². The molecule has 3 rings (SSSR count). The topological polar surface area (TPSA) is 52.6 Å². The van der Waals surface area contributed by atoms with Crippen molar-refractivity contribution in [3.63, 3.8) is 0 Å². The van der Waals surface area contributed by atoms with Gasteiger partial charge in [-0.2, -0.15) is 0 Å². The van der Waals surface area contributed by atoms with Gasteiger partial charge in [-0.25, -0.2) is 0 Å². The Kier molecular flexibility index (Phi) is 6.57. The summed E-state index contributed by atoms with van der Waals surface area (Å²) in [4.78, 5) is 29.3. The van der Waals surface area contributed by atoms with E-state index in [2.05, 4.69) is 36.2 Å². The van der Waals surface area contributed by atoms with E-state index in [9.17, 15) is 9.59 Å². The average Bonchev–Trinajstić information content (AvgIpc) is 3.10. The Morgan fingerprint density at radius 1 is 1.10 bits per heavy atom. The Bertz CT molecular complexity index is 872. The van der Waals surface area contributed by atoms with Crippen LogP contribution in [-0.4, -0.2) is 31.4 Å². The number of nitrogens with one attached hydrogen (secondary N) is 1. The average molecular weight is 394 g/mol. The molecule has 1 aliphatic rings. The van der Waals surface area contributed by atoms with Crippen LogP contribution in [0, 0.1) is 19.8 Å². The summed E-state index contributed by atoms with van der Waals surface area (Å²) < 4.78 is 0. The molecule has 1 aliphatic heterocycles. The molecule has 1 fully saturated rings. The number of anilines is 2. The Labute approximate surface area is 173 Å². The molecule has 0 spiro atoms. The number of hydrogen-bond acceptors (Lipinski definition) is 3. The lowest BCUT2D eigenvalue weighted by molar-refractivity contribution is -0.126. The van der Waals surface area contributed by atoms with E-state index in [0.717, 1.165) is 35.6 Å². The molecular weight excluding hydrogens is 362 g/mol. The van der Waals surface area contributed by atoms with Gasteiger partial charge in [0.25, 0.3) is 0 Å². The molecule has 2 aromatic carbocycles. The fourth-order valence-electron chi connectivity index (χ4n) is 3.88. The molecule has 5 nitrogen and oxygen atoms in total. The maximum atomic E-state index is 12.6. The van der Waals surface area contributed by atoms with Crippen LogP contribution >= 0.6 is 0 Å². The number of amides is 2. The third kappa shape index (κ3) is 4.78. The second-order valence-electron chi connectivity index (χ2n) is 7.75. The Balaban J connectivity index is 1.65. The van der Waals surface area contributed by atoms with Gasteiger partial charge in [-0.15, -0.1) is 0 Å². The minimum absolute atomic E-state index is 0.0131. The molecule has 0 aromatic heterocycles. The van der Waals surface area contributed by atoms with Crippen molar-refractivity contribution in [1.82, 2.24) is 5.32 Å². The van der Waals surface area contributed by atoms with Crippen LogP contribution in [0.1, 0.15) is 37.0 Å². The van der Waals surface area contributed by atoms with Gasteiger partial charge in [0.1, 0.15) is 0 Å². The highest BCUT2D eigenvalue weighted by Crippen LogP contribution is 2.30. The molecule has 5 heteroatoms. The smallest absolute Gasteiger partial charge is 0.227 e. The van der Waals surface area contributed by atoms with Crippen LogP contribution < -0.4 is 15.1 Å². The predicted molar refractivity (Wildman–Crippen MR) is 118 cm³/mol. The van der Waals surface area contributed by atoms with Crippen LogP contribution in [0.3, 0.4) is 0 Å². The highest BCUT2D eigenvalue weighted by atomic mass is 16.2. The van der Waals surface area contributed by atoms with Gasteiger partial charge < -0.3 is 15.1 Å². The van der Waals surface area contributed by atoms with Crippen molar-refractivity contribution in [3.05, 3.63) is 59.2 Å². The number of aryl methyl sites for hydroxylation is 2. The summed E-state index contributed by atoms with van der Waals surface area (Å²) in [5.41, 5.74) is 5.38. The zero-order valence-corrected chi connectivity index (χ0v) is 17.9. The molecule has 0 saturated carbocycles. The van der Waals surface area contributed by atoms with Crippen molar-refractivity contribution in [1.29, 1.82) is 0 Å². The molecule has 1 heterocycles. The lowest BCUT2D eigenvalue weighted by atomic mass is 10.1. The van der Waals surface area contributed by atoms with E-state index < -0.39 is 0 Å². The first-order chi connectivity index (χ1) is 13.9. The summed E-state index contributed by atoms with van der Waals surface area (Å²) in [5.74, 6) is -0.354. The molecule has 0 bridgehead atoms. The van der Waals surface area contributed by atoms with Crippen LogP contribution in [0.4, 0.5) is 11.4 Å². The number of carbonyl (C=O) groups excluding carboxylic acids is 2. The number of benzene rings is 2. The van der Waals surface area contributed by atoms with E-state index in [-0.39, 0.29) is 24.2 Å². The van der Waals surface area contributed by atoms with Crippen molar-refractivity contribution in [2.24, 2.45) is 5.92 Å². The molecule has 1 saturated heterocycles. The highest BCUT2D eigenvalue weighted by Gasteiger charge is 2.35. The summed E-state index contributed by atoms with van der Waals surface area (Å²) in [5, 5.41) is 2.98. The van der Waals surface area contributed by atoms with Crippen molar-refractivity contribution >= 4 is 23.2 Å². The number of hydrogen-bond donors (Lipinski definition) is 1. The van der Waals surface area contributed by atoms with E-state index in [0.29, 0.717) is 13.1 Å². The maximum Gasteiger partial charge on any atom is 0.227 e. The van der Waals surface area contributed by atoms with Gasteiger partial charge in [0, 0.05) is 44.0 Å². The third-order valence-electron chi connectivity index (χ3n) is 5.68. The second-order valence-corrected chi connectivity index (χ2v) is 7.75. The third-order valence-corrected chi connectivity index (χ3v) is 5.68. The maximum absolute atomic E-state index is 12.6. The van der Waals surface area contributed by atoms with Crippen molar-refractivity contribution in [3.8, 4) is 0 Å². The van der Waals surface area contributed by atoms with E-state index in [4.69, 9.17) is 0 Å². The van der Waals surface area contributed by atoms with Crippen molar-refractivity contribution < 1.29 is 9.59 Å². The lowest BCUT2D eigenvalue weighted by Gasteiger charge is -2.24. The highest BCUT2D eigenvalue weighted by molar-refractivity contribution is 6.01. The first-order valence-electron chi connectivity index (χ1n) is 10.4. The van der Waals surface area contributed by atoms with Gasteiger partial charge in [0.15, 0.2) is 0 Å². The fraction of sp³-hybridized carbons (Fsp3) is 0.417. The zero-order valence-electron chi connectivity index (χ0n) is 17.9. The van der Waals surface area contributed by atoms with Gasteiger partial charge in [-0.1, -0.05) is 29.8 Å². The Hall–Kier alpha value is -2.82. The molecule has 0 radical (unpaired) electrons. The minimum atomic E-state index is -0.310. The van der Waals surface area contributed by atoms with E-state index in [1.807, 2.05) is 44.2 Å². The SMILES string of the molecule is CCN(CC)c1ccc(N2CC(C(=O)NCc3ccc(C)cc3)CC2=O)c(C)c1. The summed E-state index contributed by atoms with van der Waals surface area (Å²) in [6.45, 7) is 11.2. The van der Waals surface area contributed by atoms with Crippen molar-refractivity contribution in [2.45, 2.75) is 40.7 Å². The van der Waals surface area contributed by atoms with E-state index in [1.165, 1.54) is 5.56 Å². The first kappa shape index (κ1) is 20.9. The quantitative estimate of drug-likeness (QED) is 0.778. The Morgan fingerprint density at radius 2 is 1.79 bits per heavy atom. The second kappa shape index (κ2) is 9.12. The molecule has 2 amide bonds. The van der Waals surface area contributed by atoms with Crippen molar-refractivity contribution in [2.75, 3.05) is 29.4 Å². The van der Waals surface area contributed by atoms with Gasteiger partial charge >= 0.3 is 0 Å². The zero-order chi connectivity index (χ0) is 21.0. The number of rotatable bonds is 7. The monoisotopic (exact) mass is 393 g/mol. The van der Waals surface area contributed by atoms with Gasteiger partial charge in [0.2, 0.25) is 11.8 Å². The summed E-state index contributed by atoms with van der Waals surface area (Å²) in [6, 6.07) is 14.3. The van der Waals surface area contributed by atoms with Crippen LogP contribution in [0.25, 0.3) is 0 Å². The molecule has 1 atom stereocenters. The van der Waals surface area contributed by atoms with Crippen LogP contribution in [0.15, 0.2) is 42.5 Å². The molecule has 1 unspecified atom stereocenters. The number of carbonyl (C=O) groups is 2. The number of nitrogens with zero attached hydrogens (tertiary/aromatic N) is 2. The fourth-order valence-corrected chi connectivity index (χ4v) is 3.88. The van der Waals surface area contributed by atoms with Gasteiger partial charge in [-0.05, 0) is 57.0 Å². The van der Waals surface area contributed by atoms with Crippen LogP contribution in [0.5, 0.6) is 0 Å².